The molecule has 1 N–H and O–H groups in total. The molecule has 1 amide bonds. The molecule has 138 valence electrons. The summed E-state index contributed by atoms with van der Waals surface area (Å²) in [7, 11) is 0. The van der Waals surface area contributed by atoms with Gasteiger partial charge in [0.05, 0.1) is 11.6 Å². The Morgan fingerprint density at radius 2 is 2.04 bits per heavy atom. The molecule has 0 unspecified atom stereocenters. The fourth-order valence-corrected chi connectivity index (χ4v) is 2.93. The third-order valence-electron chi connectivity index (χ3n) is 3.87. The minimum absolute atomic E-state index is 0.137. The minimum Gasteiger partial charge on any atom is -0.487 e. The Hall–Kier alpha value is -1.95. The number of aryl methyl sites for hydroxylation is 1. The molecule has 0 aromatic heterocycles. The third kappa shape index (κ3) is 5.01. The molecule has 0 spiro atoms. The Labute approximate surface area is 152 Å². The number of hydrogen-bond acceptors (Lipinski definition) is 4. The number of carboxylic acid groups (broad SMARTS) is 1. The van der Waals surface area contributed by atoms with Crippen LogP contribution < -0.4 is 4.74 Å². The summed E-state index contributed by atoms with van der Waals surface area (Å²) in [6, 6.07) is 4.53. The molecule has 25 heavy (non-hydrogen) atoms. The van der Waals surface area contributed by atoms with Crippen molar-refractivity contribution in [2.45, 2.75) is 58.3 Å². The van der Waals surface area contributed by atoms with Crippen LogP contribution >= 0.6 is 11.6 Å². The Morgan fingerprint density at radius 3 is 2.56 bits per heavy atom. The van der Waals surface area contributed by atoms with Gasteiger partial charge in [0.1, 0.15) is 23.5 Å². The fraction of sp³-hybridized carbons (Fsp3) is 0.556. The summed E-state index contributed by atoms with van der Waals surface area (Å²) >= 11 is 6.23. The standard InChI is InChI=1S/C18H24ClNO5/c1-5-11-6-7-15(13(19)8-11)24-12-9-14(16(21)22)20(10-12)17(23)25-18(2,3)4/h6-8,12,14H,5,9-10H2,1-4H3,(H,21,22)/t12-,14-/m0/s1. The van der Waals surface area contributed by atoms with E-state index in [1.807, 2.05) is 19.1 Å². The van der Waals surface area contributed by atoms with Gasteiger partial charge in [0.2, 0.25) is 0 Å². The van der Waals surface area contributed by atoms with Crippen molar-refractivity contribution in [2.24, 2.45) is 0 Å². The average Bonchev–Trinajstić information content (AvgIpc) is 2.92. The van der Waals surface area contributed by atoms with Crippen LogP contribution in [0.25, 0.3) is 0 Å². The van der Waals surface area contributed by atoms with Gasteiger partial charge >= 0.3 is 12.1 Å². The predicted molar refractivity (Wildman–Crippen MR) is 94.2 cm³/mol. The number of benzene rings is 1. The SMILES string of the molecule is CCc1ccc(O[C@H]2C[C@@H](C(=O)O)N(C(=O)OC(C)(C)C)C2)c(Cl)c1. The van der Waals surface area contributed by atoms with E-state index in [-0.39, 0.29) is 13.0 Å². The molecule has 0 bridgehead atoms. The van der Waals surface area contributed by atoms with Crippen LogP contribution in [-0.4, -0.2) is 46.4 Å². The van der Waals surface area contributed by atoms with Crippen molar-refractivity contribution in [3.8, 4) is 5.75 Å². The Morgan fingerprint density at radius 1 is 1.36 bits per heavy atom. The van der Waals surface area contributed by atoms with E-state index in [1.54, 1.807) is 26.8 Å². The van der Waals surface area contributed by atoms with Gasteiger partial charge < -0.3 is 14.6 Å². The number of nitrogens with zero attached hydrogens (tertiary/aromatic N) is 1. The molecule has 7 heteroatoms. The maximum absolute atomic E-state index is 12.3. The van der Waals surface area contributed by atoms with E-state index < -0.39 is 29.8 Å². The topological polar surface area (TPSA) is 76.1 Å². The number of carbonyl (C=O) groups is 2. The van der Waals surface area contributed by atoms with E-state index in [9.17, 15) is 14.7 Å². The van der Waals surface area contributed by atoms with Crippen molar-refractivity contribution in [3.63, 3.8) is 0 Å². The van der Waals surface area contributed by atoms with Crippen molar-refractivity contribution >= 4 is 23.7 Å². The number of ether oxygens (including phenoxy) is 2. The lowest BCUT2D eigenvalue weighted by Crippen LogP contribution is -2.43. The highest BCUT2D eigenvalue weighted by Gasteiger charge is 2.42. The zero-order chi connectivity index (χ0) is 18.8. The predicted octanol–water partition coefficient (Wildman–Crippen LogP) is 3.74. The molecular weight excluding hydrogens is 346 g/mol. The first-order valence-electron chi connectivity index (χ1n) is 8.28. The van der Waals surface area contributed by atoms with Crippen LogP contribution in [0, 0.1) is 0 Å². The normalized spacial score (nSPS) is 20.4. The van der Waals surface area contributed by atoms with Gasteiger partial charge in [-0.1, -0.05) is 24.6 Å². The largest absolute Gasteiger partial charge is 0.487 e. The van der Waals surface area contributed by atoms with Crippen LogP contribution in [-0.2, 0) is 16.0 Å². The summed E-state index contributed by atoms with van der Waals surface area (Å²) < 4.78 is 11.1. The minimum atomic E-state index is -1.08. The van der Waals surface area contributed by atoms with Gasteiger partial charge in [-0.3, -0.25) is 4.90 Å². The first-order valence-corrected chi connectivity index (χ1v) is 8.66. The van der Waals surface area contributed by atoms with Gasteiger partial charge in [0.15, 0.2) is 0 Å². The van der Waals surface area contributed by atoms with Gasteiger partial charge in [-0.2, -0.15) is 0 Å². The van der Waals surface area contributed by atoms with E-state index in [1.165, 1.54) is 4.90 Å². The smallest absolute Gasteiger partial charge is 0.411 e. The molecule has 6 nitrogen and oxygen atoms in total. The van der Waals surface area contributed by atoms with Crippen molar-refractivity contribution in [2.75, 3.05) is 6.54 Å². The Kier molecular flexibility index (Phi) is 5.83. The number of halogens is 1. The van der Waals surface area contributed by atoms with E-state index in [0.29, 0.717) is 10.8 Å². The summed E-state index contributed by atoms with van der Waals surface area (Å²) in [5.41, 5.74) is 0.390. The second kappa shape index (κ2) is 7.52. The van der Waals surface area contributed by atoms with Gasteiger partial charge in [0, 0.05) is 6.42 Å². The lowest BCUT2D eigenvalue weighted by atomic mass is 10.1. The monoisotopic (exact) mass is 369 g/mol. The number of rotatable bonds is 4. The summed E-state index contributed by atoms with van der Waals surface area (Å²) in [6.07, 6.45) is -0.0748. The molecule has 1 aliphatic rings. The fourth-order valence-electron chi connectivity index (χ4n) is 2.68. The molecule has 1 aromatic carbocycles. The van der Waals surface area contributed by atoms with Crippen molar-refractivity contribution in [3.05, 3.63) is 28.8 Å². The van der Waals surface area contributed by atoms with Gasteiger partial charge in [-0.25, -0.2) is 9.59 Å². The second-order valence-corrected chi connectivity index (χ2v) is 7.49. The summed E-state index contributed by atoms with van der Waals surface area (Å²) in [5.74, 6) is -0.594. The van der Waals surface area contributed by atoms with E-state index >= 15 is 0 Å². The molecule has 1 saturated heterocycles. The lowest BCUT2D eigenvalue weighted by Gasteiger charge is -2.26. The zero-order valence-electron chi connectivity index (χ0n) is 14.9. The molecule has 2 atom stereocenters. The van der Waals surface area contributed by atoms with Gasteiger partial charge in [-0.05, 0) is 44.9 Å². The molecule has 0 radical (unpaired) electrons. The van der Waals surface area contributed by atoms with Crippen LogP contribution in [0.2, 0.25) is 5.02 Å². The van der Waals surface area contributed by atoms with E-state index in [4.69, 9.17) is 21.1 Å². The molecule has 1 heterocycles. The first kappa shape index (κ1) is 19.4. The number of amides is 1. The molecule has 1 aromatic rings. The number of hydrogen-bond donors (Lipinski definition) is 1. The number of likely N-dealkylation sites (tertiary alicyclic amines) is 1. The van der Waals surface area contributed by atoms with Crippen LogP contribution in [0.4, 0.5) is 4.79 Å². The summed E-state index contributed by atoms with van der Waals surface area (Å²) in [5, 5.41) is 9.88. The molecule has 0 aliphatic carbocycles. The highest BCUT2D eigenvalue weighted by molar-refractivity contribution is 6.32. The molecule has 0 saturated carbocycles. The highest BCUT2D eigenvalue weighted by Crippen LogP contribution is 2.30. The summed E-state index contributed by atoms with van der Waals surface area (Å²) in [6.45, 7) is 7.37. The average molecular weight is 370 g/mol. The summed E-state index contributed by atoms with van der Waals surface area (Å²) in [4.78, 5) is 25.0. The van der Waals surface area contributed by atoms with Crippen LogP contribution in [0.3, 0.4) is 0 Å². The van der Waals surface area contributed by atoms with Crippen molar-refractivity contribution in [1.82, 2.24) is 4.90 Å². The number of carboxylic acids is 1. The van der Waals surface area contributed by atoms with Gasteiger partial charge in [-0.15, -0.1) is 0 Å². The molecule has 1 fully saturated rings. The third-order valence-corrected chi connectivity index (χ3v) is 4.17. The number of aliphatic carboxylic acids is 1. The van der Waals surface area contributed by atoms with Crippen LogP contribution in [0.1, 0.15) is 39.7 Å². The molecule has 2 rings (SSSR count). The lowest BCUT2D eigenvalue weighted by molar-refractivity contribution is -0.142. The maximum atomic E-state index is 12.3. The van der Waals surface area contributed by atoms with E-state index in [2.05, 4.69) is 0 Å². The highest BCUT2D eigenvalue weighted by atomic mass is 35.5. The molecule has 1 aliphatic heterocycles. The first-order chi connectivity index (χ1) is 11.6. The second-order valence-electron chi connectivity index (χ2n) is 7.08. The number of carbonyl (C=O) groups excluding carboxylic acids is 1. The quantitative estimate of drug-likeness (QED) is 0.874. The zero-order valence-corrected chi connectivity index (χ0v) is 15.7. The molecular formula is C18H24ClNO5. The van der Waals surface area contributed by atoms with Crippen molar-refractivity contribution in [1.29, 1.82) is 0 Å². The van der Waals surface area contributed by atoms with Crippen LogP contribution in [0.15, 0.2) is 18.2 Å². The Bertz CT molecular complexity index is 655. The maximum Gasteiger partial charge on any atom is 0.411 e. The Balaban J connectivity index is 2.11. The van der Waals surface area contributed by atoms with Crippen molar-refractivity contribution < 1.29 is 24.2 Å². The van der Waals surface area contributed by atoms with Gasteiger partial charge in [0.25, 0.3) is 0 Å². The van der Waals surface area contributed by atoms with E-state index in [0.717, 1.165) is 12.0 Å². The van der Waals surface area contributed by atoms with Crippen LogP contribution in [0.5, 0.6) is 5.75 Å².